The highest BCUT2D eigenvalue weighted by Gasteiger charge is 2.24. The summed E-state index contributed by atoms with van der Waals surface area (Å²) in [5.74, 6) is 0.585. The molecule has 118 valence electrons. The van der Waals surface area contributed by atoms with Crippen LogP contribution >= 0.6 is 0 Å². The summed E-state index contributed by atoms with van der Waals surface area (Å²) in [5, 5.41) is 0. The molecule has 0 radical (unpaired) electrons. The Bertz CT molecular complexity index is 569. The van der Waals surface area contributed by atoms with Gasteiger partial charge in [-0.2, -0.15) is 0 Å². The minimum Gasteiger partial charge on any atom is -0.351 e. The van der Waals surface area contributed by atoms with Gasteiger partial charge in [0.2, 0.25) is 0 Å². The second-order valence-corrected chi connectivity index (χ2v) is 5.83. The predicted molar refractivity (Wildman–Crippen MR) is 84.3 cm³/mol. The standard InChI is InChI=1S/C16H22FN5/c1-14-12-20(6-2-7-21-8-5-18-13-21)9-10-22(14)16-4-3-15(17)11-19-16/h3-5,8,11,13-14H,2,6-7,9-10,12H2,1H3. The molecule has 3 rings (SSSR count). The second kappa shape index (κ2) is 6.87. The Hall–Kier alpha value is -1.95. The highest BCUT2D eigenvalue weighted by molar-refractivity contribution is 5.40. The van der Waals surface area contributed by atoms with Crippen molar-refractivity contribution in [3.05, 3.63) is 42.9 Å². The molecule has 22 heavy (non-hydrogen) atoms. The Morgan fingerprint density at radius 3 is 2.86 bits per heavy atom. The second-order valence-electron chi connectivity index (χ2n) is 5.83. The monoisotopic (exact) mass is 303 g/mol. The fraction of sp³-hybridized carbons (Fsp3) is 0.500. The first kappa shape index (κ1) is 15.0. The smallest absolute Gasteiger partial charge is 0.141 e. The van der Waals surface area contributed by atoms with E-state index in [1.807, 2.05) is 18.7 Å². The van der Waals surface area contributed by atoms with E-state index < -0.39 is 0 Å². The highest BCUT2D eigenvalue weighted by atomic mass is 19.1. The molecule has 2 aromatic heterocycles. The lowest BCUT2D eigenvalue weighted by Crippen LogP contribution is -2.52. The molecular weight excluding hydrogens is 281 g/mol. The number of pyridine rings is 1. The third-order valence-corrected chi connectivity index (χ3v) is 4.17. The average molecular weight is 303 g/mol. The largest absolute Gasteiger partial charge is 0.351 e. The van der Waals surface area contributed by atoms with Crippen LogP contribution in [0.25, 0.3) is 0 Å². The number of halogens is 1. The van der Waals surface area contributed by atoms with Gasteiger partial charge in [-0.25, -0.2) is 14.4 Å². The number of imidazole rings is 1. The van der Waals surface area contributed by atoms with E-state index >= 15 is 0 Å². The van der Waals surface area contributed by atoms with Gasteiger partial charge < -0.3 is 9.47 Å². The van der Waals surface area contributed by atoms with Gasteiger partial charge >= 0.3 is 0 Å². The number of hydrogen-bond donors (Lipinski definition) is 0. The van der Waals surface area contributed by atoms with Crippen LogP contribution < -0.4 is 4.90 Å². The quantitative estimate of drug-likeness (QED) is 0.847. The molecule has 0 aromatic carbocycles. The summed E-state index contributed by atoms with van der Waals surface area (Å²) in [6, 6.07) is 3.63. The Labute approximate surface area is 130 Å². The first-order valence-corrected chi connectivity index (χ1v) is 7.78. The van der Waals surface area contributed by atoms with Crippen molar-refractivity contribution >= 4 is 5.82 Å². The van der Waals surface area contributed by atoms with E-state index in [9.17, 15) is 4.39 Å². The fourth-order valence-corrected chi connectivity index (χ4v) is 3.01. The van der Waals surface area contributed by atoms with Crippen LogP contribution in [0.3, 0.4) is 0 Å². The first-order chi connectivity index (χ1) is 10.7. The Kier molecular flexibility index (Phi) is 4.68. The van der Waals surface area contributed by atoms with E-state index in [-0.39, 0.29) is 5.82 Å². The topological polar surface area (TPSA) is 37.2 Å². The molecule has 5 nitrogen and oxygen atoms in total. The summed E-state index contributed by atoms with van der Waals surface area (Å²) in [4.78, 5) is 13.0. The molecule has 1 aliphatic heterocycles. The van der Waals surface area contributed by atoms with Gasteiger partial charge in [-0.15, -0.1) is 0 Å². The minimum absolute atomic E-state index is 0.283. The van der Waals surface area contributed by atoms with Crippen LogP contribution in [0.4, 0.5) is 10.2 Å². The van der Waals surface area contributed by atoms with Crippen LogP contribution in [0, 0.1) is 5.82 Å². The van der Waals surface area contributed by atoms with Gasteiger partial charge in [0.05, 0.1) is 12.5 Å². The maximum Gasteiger partial charge on any atom is 0.141 e. The molecule has 0 amide bonds. The van der Waals surface area contributed by atoms with Crippen molar-refractivity contribution in [3.8, 4) is 0 Å². The van der Waals surface area contributed by atoms with Crippen molar-refractivity contribution in [3.63, 3.8) is 0 Å². The Balaban J connectivity index is 1.48. The third-order valence-electron chi connectivity index (χ3n) is 4.17. The molecule has 0 saturated carbocycles. The number of hydrogen-bond acceptors (Lipinski definition) is 4. The lowest BCUT2D eigenvalue weighted by Gasteiger charge is -2.40. The van der Waals surface area contributed by atoms with Crippen LogP contribution in [-0.4, -0.2) is 51.7 Å². The molecule has 1 aliphatic rings. The van der Waals surface area contributed by atoms with Crippen LogP contribution in [0.15, 0.2) is 37.1 Å². The van der Waals surface area contributed by atoms with Crippen LogP contribution in [0.2, 0.25) is 0 Å². The molecule has 1 unspecified atom stereocenters. The zero-order valence-electron chi connectivity index (χ0n) is 12.9. The molecule has 1 atom stereocenters. The van der Waals surface area contributed by atoms with E-state index in [2.05, 4.69) is 31.3 Å². The lowest BCUT2D eigenvalue weighted by molar-refractivity contribution is 0.222. The molecule has 0 spiro atoms. The van der Waals surface area contributed by atoms with Crippen molar-refractivity contribution in [2.45, 2.75) is 25.9 Å². The number of rotatable bonds is 5. The Morgan fingerprint density at radius 1 is 1.27 bits per heavy atom. The molecule has 0 aliphatic carbocycles. The van der Waals surface area contributed by atoms with Crippen molar-refractivity contribution < 1.29 is 4.39 Å². The molecule has 6 heteroatoms. The fourth-order valence-electron chi connectivity index (χ4n) is 3.01. The molecule has 1 saturated heterocycles. The van der Waals surface area contributed by atoms with Gasteiger partial charge in [0.25, 0.3) is 0 Å². The maximum atomic E-state index is 13.0. The number of aromatic nitrogens is 3. The van der Waals surface area contributed by atoms with E-state index in [4.69, 9.17) is 0 Å². The number of piperazine rings is 1. The predicted octanol–water partition coefficient (Wildman–Crippen LogP) is 2.02. The highest BCUT2D eigenvalue weighted by Crippen LogP contribution is 2.18. The minimum atomic E-state index is -0.283. The molecule has 0 N–H and O–H groups in total. The van der Waals surface area contributed by atoms with Gasteiger partial charge in [-0.3, -0.25) is 4.90 Å². The van der Waals surface area contributed by atoms with Crippen LogP contribution in [-0.2, 0) is 6.54 Å². The molecule has 1 fully saturated rings. The summed E-state index contributed by atoms with van der Waals surface area (Å²) in [5.41, 5.74) is 0. The number of nitrogens with zero attached hydrogens (tertiary/aromatic N) is 5. The average Bonchev–Trinajstić information content (AvgIpc) is 3.02. The zero-order valence-corrected chi connectivity index (χ0v) is 12.9. The Morgan fingerprint density at radius 2 is 2.18 bits per heavy atom. The normalized spacial score (nSPS) is 19.5. The van der Waals surface area contributed by atoms with Crippen molar-refractivity contribution in [1.29, 1.82) is 0 Å². The van der Waals surface area contributed by atoms with Gasteiger partial charge in [0, 0.05) is 44.6 Å². The summed E-state index contributed by atoms with van der Waals surface area (Å²) >= 11 is 0. The molecule has 0 bridgehead atoms. The van der Waals surface area contributed by atoms with Crippen molar-refractivity contribution in [2.24, 2.45) is 0 Å². The van der Waals surface area contributed by atoms with E-state index in [0.29, 0.717) is 6.04 Å². The number of aryl methyl sites for hydroxylation is 1. The van der Waals surface area contributed by atoms with Crippen LogP contribution in [0.1, 0.15) is 13.3 Å². The van der Waals surface area contributed by atoms with Gasteiger partial charge in [-0.1, -0.05) is 0 Å². The SMILES string of the molecule is CC1CN(CCCn2ccnc2)CCN1c1ccc(F)cn1. The lowest BCUT2D eigenvalue weighted by atomic mass is 10.2. The van der Waals surface area contributed by atoms with E-state index in [0.717, 1.165) is 45.0 Å². The van der Waals surface area contributed by atoms with Crippen LogP contribution in [0.5, 0.6) is 0 Å². The van der Waals surface area contributed by atoms with Gasteiger partial charge in [0.1, 0.15) is 11.6 Å². The summed E-state index contributed by atoms with van der Waals surface area (Å²) in [6.45, 7) is 7.27. The first-order valence-electron chi connectivity index (χ1n) is 7.78. The summed E-state index contributed by atoms with van der Waals surface area (Å²) < 4.78 is 15.1. The van der Waals surface area contributed by atoms with Crippen molar-refractivity contribution in [1.82, 2.24) is 19.4 Å². The van der Waals surface area contributed by atoms with E-state index in [1.54, 1.807) is 6.07 Å². The van der Waals surface area contributed by atoms with Crippen molar-refractivity contribution in [2.75, 3.05) is 31.1 Å². The molecule has 2 aromatic rings. The van der Waals surface area contributed by atoms with E-state index in [1.165, 1.54) is 12.3 Å². The third kappa shape index (κ3) is 3.62. The zero-order chi connectivity index (χ0) is 15.4. The summed E-state index contributed by atoms with van der Waals surface area (Å²) in [6.07, 6.45) is 8.09. The molecular formula is C16H22FN5. The number of anilines is 1. The van der Waals surface area contributed by atoms with Gasteiger partial charge in [-0.05, 0) is 32.0 Å². The molecule has 3 heterocycles. The van der Waals surface area contributed by atoms with Gasteiger partial charge in [0.15, 0.2) is 0 Å². The maximum absolute atomic E-state index is 13.0. The summed E-state index contributed by atoms with van der Waals surface area (Å²) in [7, 11) is 0.